The summed E-state index contributed by atoms with van der Waals surface area (Å²) in [7, 11) is -3.36. The summed E-state index contributed by atoms with van der Waals surface area (Å²) in [6.07, 6.45) is 2.24. The molecular formula is C13H20N2O2S3. The van der Waals surface area contributed by atoms with Gasteiger partial charge in [-0.2, -0.15) is 4.31 Å². The Morgan fingerprint density at radius 2 is 2.05 bits per heavy atom. The van der Waals surface area contributed by atoms with Crippen LogP contribution in [-0.2, 0) is 16.4 Å². The highest BCUT2D eigenvalue weighted by atomic mass is 32.2. The van der Waals surface area contributed by atoms with Crippen LogP contribution in [0.5, 0.6) is 0 Å². The molecule has 1 fully saturated rings. The van der Waals surface area contributed by atoms with Crippen molar-refractivity contribution in [2.45, 2.75) is 37.3 Å². The first kappa shape index (κ1) is 15.9. The van der Waals surface area contributed by atoms with Crippen LogP contribution in [0.15, 0.2) is 16.3 Å². The predicted molar refractivity (Wildman–Crippen MR) is 86.6 cm³/mol. The molecule has 112 valence electrons. The van der Waals surface area contributed by atoms with Crippen molar-refractivity contribution in [2.75, 3.05) is 13.1 Å². The fraction of sp³-hybridized carbons (Fsp3) is 0.615. The summed E-state index contributed by atoms with van der Waals surface area (Å²) in [5.74, 6) is 0. The van der Waals surface area contributed by atoms with Crippen LogP contribution in [0.1, 0.15) is 31.6 Å². The predicted octanol–water partition coefficient (Wildman–Crippen LogP) is 2.39. The van der Waals surface area contributed by atoms with Crippen LogP contribution in [0.25, 0.3) is 0 Å². The molecule has 7 heteroatoms. The molecular weight excluding hydrogens is 312 g/mol. The Hall–Kier alpha value is -0.500. The largest absolute Gasteiger partial charge is 0.393 e. The molecule has 1 aliphatic heterocycles. The highest BCUT2D eigenvalue weighted by Crippen LogP contribution is 2.34. The van der Waals surface area contributed by atoms with Gasteiger partial charge in [0.25, 0.3) is 10.0 Å². The molecule has 0 amide bonds. The van der Waals surface area contributed by atoms with Crippen molar-refractivity contribution in [1.29, 1.82) is 0 Å². The lowest BCUT2D eigenvalue weighted by atomic mass is 9.81. The maximum atomic E-state index is 12.6. The smallest absolute Gasteiger partial charge is 0.252 e. The lowest BCUT2D eigenvalue weighted by Crippen LogP contribution is -2.46. The molecule has 0 bridgehead atoms. The third kappa shape index (κ3) is 2.90. The fourth-order valence-electron chi connectivity index (χ4n) is 2.28. The van der Waals surface area contributed by atoms with Crippen molar-refractivity contribution in [3.8, 4) is 0 Å². The minimum absolute atomic E-state index is 0.217. The van der Waals surface area contributed by atoms with Gasteiger partial charge in [-0.3, -0.25) is 0 Å². The zero-order valence-corrected chi connectivity index (χ0v) is 14.2. The SMILES string of the molecule is CCc1ccc(S(=O)(=O)N2CCC(C)(C(N)=S)CC2)s1. The molecule has 2 rings (SSSR count). The topological polar surface area (TPSA) is 63.4 Å². The molecule has 4 nitrogen and oxygen atoms in total. The summed E-state index contributed by atoms with van der Waals surface area (Å²) in [5.41, 5.74) is 5.54. The Balaban J connectivity index is 2.15. The second-order valence-corrected chi connectivity index (χ2v) is 9.18. The van der Waals surface area contributed by atoms with E-state index in [1.165, 1.54) is 11.3 Å². The number of nitrogens with two attached hydrogens (primary N) is 1. The number of hydrogen-bond acceptors (Lipinski definition) is 4. The molecule has 2 N–H and O–H groups in total. The Morgan fingerprint density at radius 3 is 2.50 bits per heavy atom. The molecule has 1 saturated heterocycles. The zero-order chi connectivity index (χ0) is 15.0. The Bertz CT molecular complexity index is 599. The van der Waals surface area contributed by atoms with Gasteiger partial charge in [-0.1, -0.05) is 26.1 Å². The first-order valence-corrected chi connectivity index (χ1v) is 9.35. The van der Waals surface area contributed by atoms with Crippen molar-refractivity contribution in [1.82, 2.24) is 4.31 Å². The van der Waals surface area contributed by atoms with Gasteiger partial charge in [-0.25, -0.2) is 8.42 Å². The monoisotopic (exact) mass is 332 g/mol. The van der Waals surface area contributed by atoms with Gasteiger partial charge in [0.1, 0.15) is 4.21 Å². The van der Waals surface area contributed by atoms with Gasteiger partial charge in [0.15, 0.2) is 0 Å². The van der Waals surface area contributed by atoms with Crippen LogP contribution in [0.4, 0.5) is 0 Å². The Labute approximate surface area is 130 Å². The summed E-state index contributed by atoms with van der Waals surface area (Å²) < 4.78 is 27.1. The lowest BCUT2D eigenvalue weighted by molar-refractivity contribution is 0.244. The Kier molecular flexibility index (Phi) is 4.53. The third-order valence-electron chi connectivity index (χ3n) is 4.00. The van der Waals surface area contributed by atoms with Crippen molar-refractivity contribution in [3.63, 3.8) is 0 Å². The molecule has 1 aromatic rings. The van der Waals surface area contributed by atoms with Crippen molar-refractivity contribution in [3.05, 3.63) is 17.0 Å². The normalized spacial score (nSPS) is 19.9. The first-order chi connectivity index (χ1) is 9.29. The second-order valence-electron chi connectivity index (χ2n) is 5.40. The highest BCUT2D eigenvalue weighted by Gasteiger charge is 2.37. The maximum absolute atomic E-state index is 12.6. The molecule has 0 saturated carbocycles. The van der Waals surface area contributed by atoms with Crippen LogP contribution < -0.4 is 5.73 Å². The maximum Gasteiger partial charge on any atom is 0.252 e. The van der Waals surface area contributed by atoms with Gasteiger partial charge in [0.2, 0.25) is 0 Å². The van der Waals surface area contributed by atoms with Gasteiger partial charge in [-0.05, 0) is 31.4 Å². The summed E-state index contributed by atoms with van der Waals surface area (Å²) in [5, 5.41) is 0. The quantitative estimate of drug-likeness (QED) is 0.860. The van der Waals surface area contributed by atoms with Crippen molar-refractivity contribution < 1.29 is 8.42 Å². The number of aryl methyl sites for hydroxylation is 1. The van der Waals surface area contributed by atoms with E-state index in [-0.39, 0.29) is 5.41 Å². The molecule has 20 heavy (non-hydrogen) atoms. The average Bonchev–Trinajstić information content (AvgIpc) is 2.88. The molecule has 0 spiro atoms. The lowest BCUT2D eigenvalue weighted by Gasteiger charge is -2.37. The van der Waals surface area contributed by atoms with E-state index in [9.17, 15) is 8.42 Å². The zero-order valence-electron chi connectivity index (χ0n) is 11.8. The first-order valence-electron chi connectivity index (χ1n) is 6.68. The van der Waals surface area contributed by atoms with E-state index in [0.29, 0.717) is 35.1 Å². The van der Waals surface area contributed by atoms with Gasteiger partial charge in [-0.15, -0.1) is 11.3 Å². The van der Waals surface area contributed by atoms with Gasteiger partial charge in [0, 0.05) is 23.4 Å². The number of rotatable bonds is 4. The van der Waals surface area contributed by atoms with E-state index < -0.39 is 10.0 Å². The second kappa shape index (κ2) is 5.71. The van der Waals surface area contributed by atoms with E-state index >= 15 is 0 Å². The summed E-state index contributed by atoms with van der Waals surface area (Å²) in [6.45, 7) is 5.00. The minimum Gasteiger partial charge on any atom is -0.393 e. The van der Waals surface area contributed by atoms with E-state index in [0.717, 1.165) is 11.3 Å². The molecule has 0 aliphatic carbocycles. The van der Waals surface area contributed by atoms with Crippen LogP contribution in [-0.4, -0.2) is 30.8 Å². The van der Waals surface area contributed by atoms with Crippen LogP contribution in [0.2, 0.25) is 0 Å². The van der Waals surface area contributed by atoms with Gasteiger partial charge >= 0.3 is 0 Å². The average molecular weight is 333 g/mol. The molecule has 1 aromatic heterocycles. The summed E-state index contributed by atoms with van der Waals surface area (Å²) in [4.78, 5) is 1.58. The van der Waals surface area contributed by atoms with Gasteiger partial charge < -0.3 is 5.73 Å². The number of sulfonamides is 1. The van der Waals surface area contributed by atoms with E-state index in [1.807, 2.05) is 19.9 Å². The van der Waals surface area contributed by atoms with E-state index in [2.05, 4.69) is 0 Å². The van der Waals surface area contributed by atoms with Crippen molar-refractivity contribution in [2.24, 2.45) is 11.1 Å². The van der Waals surface area contributed by atoms with Crippen LogP contribution in [0, 0.1) is 5.41 Å². The molecule has 1 aliphatic rings. The van der Waals surface area contributed by atoms with Crippen LogP contribution in [0.3, 0.4) is 0 Å². The van der Waals surface area contributed by atoms with Gasteiger partial charge in [0.05, 0.1) is 4.99 Å². The number of hydrogen-bond donors (Lipinski definition) is 1. The molecule has 0 unspecified atom stereocenters. The molecule has 0 aromatic carbocycles. The summed E-state index contributed by atoms with van der Waals surface area (Å²) in [6, 6.07) is 3.60. The molecule has 0 radical (unpaired) electrons. The Morgan fingerprint density at radius 1 is 1.45 bits per heavy atom. The highest BCUT2D eigenvalue weighted by molar-refractivity contribution is 7.91. The fourth-order valence-corrected chi connectivity index (χ4v) is 5.38. The number of thiophene rings is 1. The van der Waals surface area contributed by atoms with E-state index in [1.54, 1.807) is 10.4 Å². The standard InChI is InChI=1S/C13H20N2O2S3/c1-3-10-4-5-11(19-10)20(16,17)15-8-6-13(2,7-9-15)12(14)18/h4-5H,3,6-9H2,1-2H3,(H2,14,18). The third-order valence-corrected chi connectivity index (χ3v) is 8.09. The molecule has 2 heterocycles. The number of nitrogens with zero attached hydrogens (tertiary/aromatic N) is 1. The van der Waals surface area contributed by atoms with Crippen molar-refractivity contribution >= 4 is 38.6 Å². The van der Waals surface area contributed by atoms with Crippen LogP contribution >= 0.6 is 23.6 Å². The summed E-state index contributed by atoms with van der Waals surface area (Å²) >= 11 is 6.44. The minimum atomic E-state index is -3.36. The number of thiocarbonyl (C=S) groups is 1. The molecule has 0 atom stereocenters. The van der Waals surface area contributed by atoms with E-state index in [4.69, 9.17) is 18.0 Å². The number of piperidine rings is 1.